The van der Waals surface area contributed by atoms with Crippen LogP contribution >= 0.6 is 11.3 Å². The molecule has 3 aromatic rings. The summed E-state index contributed by atoms with van der Waals surface area (Å²) in [6, 6.07) is 15.2. The van der Waals surface area contributed by atoms with E-state index >= 15 is 0 Å². The Bertz CT molecular complexity index is 1230. The van der Waals surface area contributed by atoms with E-state index in [1.54, 1.807) is 23.5 Å². The first kappa shape index (κ1) is 27.7. The van der Waals surface area contributed by atoms with Crippen LogP contribution in [-0.4, -0.2) is 38.9 Å². The van der Waals surface area contributed by atoms with Crippen LogP contribution in [0.25, 0.3) is 0 Å². The summed E-state index contributed by atoms with van der Waals surface area (Å²) in [6.07, 6.45) is 4.18. The number of ether oxygens (including phenoxy) is 1. The number of carbonyl (C=O) groups is 2. The fraction of sp³-hybridized carbons (Fsp3) is 0.346. The minimum Gasteiger partial charge on any atom is -0.748 e. The van der Waals surface area contributed by atoms with E-state index in [1.165, 1.54) is 12.0 Å². The van der Waals surface area contributed by atoms with Gasteiger partial charge in [0.05, 0.1) is 24.5 Å². The number of thiazole rings is 1. The number of nitrogens with one attached hydrogen (secondary N) is 3. The molecule has 4 rings (SSSR count). The Morgan fingerprint density at radius 1 is 1.03 bits per heavy atom. The number of aromatic nitrogens is 1. The maximum absolute atomic E-state index is 13.5. The molecule has 3 N–H and O–H groups in total. The predicted molar refractivity (Wildman–Crippen MR) is 143 cm³/mol. The highest BCUT2D eigenvalue weighted by Crippen LogP contribution is 2.31. The van der Waals surface area contributed by atoms with Gasteiger partial charge in [-0.2, -0.15) is 4.28 Å². The van der Waals surface area contributed by atoms with Crippen molar-refractivity contribution in [1.82, 2.24) is 15.6 Å². The van der Waals surface area contributed by atoms with Gasteiger partial charge in [0.15, 0.2) is 0 Å². The van der Waals surface area contributed by atoms with Crippen molar-refractivity contribution in [1.29, 1.82) is 0 Å². The third kappa shape index (κ3) is 7.84. The molecule has 1 unspecified atom stereocenters. The zero-order valence-corrected chi connectivity index (χ0v) is 22.4. The van der Waals surface area contributed by atoms with Gasteiger partial charge in [0, 0.05) is 11.3 Å². The summed E-state index contributed by atoms with van der Waals surface area (Å²) in [5.74, 6) is -0.345. The predicted octanol–water partition coefficient (Wildman–Crippen LogP) is 3.53. The number of rotatable bonds is 11. The summed E-state index contributed by atoms with van der Waals surface area (Å²) < 4.78 is 30.4. The monoisotopic (exact) mass is 557 g/mol. The molecule has 10 nitrogen and oxygen atoms in total. The molecule has 0 aliphatic heterocycles. The molecule has 0 bridgehead atoms. The minimum atomic E-state index is -2.69. The third-order valence-electron chi connectivity index (χ3n) is 6.17. The molecule has 1 aliphatic rings. The molecule has 202 valence electrons. The van der Waals surface area contributed by atoms with Crippen molar-refractivity contribution in [3.05, 3.63) is 81.3 Å². The van der Waals surface area contributed by atoms with Crippen LogP contribution in [0.15, 0.2) is 54.6 Å². The molecule has 0 radical (unpaired) electrons. The Kier molecular flexibility index (Phi) is 9.82. The van der Waals surface area contributed by atoms with Crippen molar-refractivity contribution in [3.63, 3.8) is 0 Å². The molecule has 1 aliphatic carbocycles. The Balaban J connectivity index is 1.55. The first-order valence-corrected chi connectivity index (χ1v) is 14.0. The average molecular weight is 558 g/mol. The van der Waals surface area contributed by atoms with E-state index in [-0.39, 0.29) is 5.91 Å². The number of anilines is 1. The summed E-state index contributed by atoms with van der Waals surface area (Å²) in [5, 5.41) is 6.58. The minimum absolute atomic E-state index is 0.296. The quantitative estimate of drug-likeness (QED) is 0.240. The van der Waals surface area contributed by atoms with Gasteiger partial charge in [-0.25, -0.2) is 14.0 Å². The second-order valence-corrected chi connectivity index (χ2v) is 10.5. The summed E-state index contributed by atoms with van der Waals surface area (Å²) in [7, 11) is 1.26. The first-order valence-electron chi connectivity index (χ1n) is 12.2. The van der Waals surface area contributed by atoms with Gasteiger partial charge >= 0.3 is 6.09 Å². The van der Waals surface area contributed by atoms with Crippen LogP contribution < -0.4 is 16.1 Å². The maximum atomic E-state index is 13.5. The molecule has 2 aromatic carbocycles. The van der Waals surface area contributed by atoms with Gasteiger partial charge in [-0.05, 0) is 55.4 Å². The van der Waals surface area contributed by atoms with E-state index in [0.29, 0.717) is 18.5 Å². The number of fused-ring (bicyclic) bond motifs is 1. The molecule has 12 heteroatoms. The van der Waals surface area contributed by atoms with E-state index in [9.17, 15) is 18.4 Å². The van der Waals surface area contributed by atoms with Crippen LogP contribution in [0, 0.1) is 0 Å². The maximum Gasteiger partial charge on any atom is 0.407 e. The molecule has 3 atom stereocenters. The van der Waals surface area contributed by atoms with Crippen molar-refractivity contribution in [2.24, 2.45) is 0 Å². The van der Waals surface area contributed by atoms with Crippen molar-refractivity contribution < 1.29 is 27.4 Å². The lowest BCUT2D eigenvalue weighted by Gasteiger charge is -2.22. The highest BCUT2D eigenvalue weighted by Gasteiger charge is 2.28. The lowest BCUT2D eigenvalue weighted by Crippen LogP contribution is -2.49. The lowest BCUT2D eigenvalue weighted by molar-refractivity contribution is -0.123. The average Bonchev–Trinajstić information content (AvgIpc) is 3.37. The Hall–Kier alpha value is -3.32. The van der Waals surface area contributed by atoms with Crippen LogP contribution in [0.2, 0.25) is 0 Å². The lowest BCUT2D eigenvalue weighted by atomic mass is 10.0. The second-order valence-electron chi connectivity index (χ2n) is 8.86. The number of benzene rings is 2. The summed E-state index contributed by atoms with van der Waals surface area (Å²) >= 11 is -1.07. The summed E-state index contributed by atoms with van der Waals surface area (Å²) in [6.45, 7) is 0. The Morgan fingerprint density at radius 3 is 2.42 bits per heavy atom. The molecular formula is C26H29N4O6S2-. The fourth-order valence-corrected chi connectivity index (χ4v) is 5.65. The second kappa shape index (κ2) is 13.5. The Morgan fingerprint density at radius 2 is 1.74 bits per heavy atom. The first-order chi connectivity index (χ1) is 18.4. The molecule has 1 heterocycles. The van der Waals surface area contributed by atoms with Gasteiger partial charge in [-0.1, -0.05) is 42.5 Å². The number of methoxy groups -OCH3 is 1. The molecular weight excluding hydrogens is 528 g/mol. The van der Waals surface area contributed by atoms with Crippen molar-refractivity contribution in [2.45, 2.75) is 50.6 Å². The molecule has 0 spiro atoms. The van der Waals surface area contributed by atoms with Gasteiger partial charge < -0.3 is 19.9 Å². The van der Waals surface area contributed by atoms with Gasteiger partial charge in [0.25, 0.3) is 0 Å². The molecule has 0 saturated heterocycles. The van der Waals surface area contributed by atoms with Gasteiger partial charge in [0.1, 0.15) is 22.4 Å². The largest absolute Gasteiger partial charge is 0.748 e. The molecule has 1 aromatic heterocycles. The van der Waals surface area contributed by atoms with Crippen LogP contribution in [-0.2, 0) is 50.9 Å². The fourth-order valence-electron chi connectivity index (χ4n) is 4.28. The summed E-state index contributed by atoms with van der Waals surface area (Å²) in [5.41, 5.74) is 5.69. The SMILES string of the molecule is COC(=O)N[C@@H](Cc1ccccc1)C(=O)N[C@@H](Cc1ccc(NOS(=O)[O-])cc1)c1nc2c(s1)CCCC2. The number of hydrogen-bond acceptors (Lipinski definition) is 9. The normalized spacial score (nSPS) is 15.0. The standard InChI is InChI=1S/C26H30N4O6S2/c1-35-26(32)29-21(15-17-7-3-2-4-8-17)24(31)27-22(25-28-20-9-5-6-10-23(20)37-25)16-18-11-13-19(14-12-18)30-36-38(33)34/h2-4,7-8,11-14,21-22,30H,5-6,9-10,15-16H2,1H3,(H,27,31)(H,29,32)(H,33,34)/p-1/t21-,22-/m0/s1. The molecule has 2 amide bonds. The number of aryl methyl sites for hydroxylation is 2. The number of alkyl carbamates (subject to hydrolysis) is 1. The van der Waals surface area contributed by atoms with Crippen LogP contribution in [0.4, 0.5) is 10.5 Å². The third-order valence-corrected chi connectivity index (χ3v) is 7.67. The van der Waals surface area contributed by atoms with Crippen molar-refractivity contribution in [2.75, 3.05) is 12.6 Å². The zero-order valence-electron chi connectivity index (χ0n) is 20.8. The van der Waals surface area contributed by atoms with Crippen molar-refractivity contribution in [3.8, 4) is 0 Å². The van der Waals surface area contributed by atoms with Gasteiger partial charge in [-0.3, -0.25) is 10.3 Å². The van der Waals surface area contributed by atoms with E-state index in [0.717, 1.165) is 47.5 Å². The van der Waals surface area contributed by atoms with Crippen LogP contribution in [0.1, 0.15) is 45.6 Å². The molecule has 0 fully saturated rings. The van der Waals surface area contributed by atoms with E-state index in [4.69, 9.17) is 9.72 Å². The van der Waals surface area contributed by atoms with Gasteiger partial charge in [0.2, 0.25) is 5.91 Å². The smallest absolute Gasteiger partial charge is 0.407 e. The topological polar surface area (TPSA) is 142 Å². The highest BCUT2D eigenvalue weighted by molar-refractivity contribution is 7.74. The van der Waals surface area contributed by atoms with E-state index in [2.05, 4.69) is 20.4 Å². The number of amides is 2. The number of nitrogens with zero attached hydrogens (tertiary/aromatic N) is 1. The zero-order chi connectivity index (χ0) is 26.9. The number of carbonyl (C=O) groups excluding carboxylic acids is 2. The molecule has 0 saturated carbocycles. The van der Waals surface area contributed by atoms with E-state index in [1.807, 2.05) is 42.5 Å². The number of hydrogen-bond donors (Lipinski definition) is 3. The van der Waals surface area contributed by atoms with Crippen LogP contribution in [0.5, 0.6) is 0 Å². The molecule has 38 heavy (non-hydrogen) atoms. The van der Waals surface area contributed by atoms with E-state index < -0.39 is 29.5 Å². The van der Waals surface area contributed by atoms with Crippen molar-refractivity contribution >= 4 is 40.4 Å². The summed E-state index contributed by atoms with van der Waals surface area (Å²) in [4.78, 5) is 31.7. The van der Waals surface area contributed by atoms with Gasteiger partial charge in [-0.15, -0.1) is 11.3 Å². The Labute approximate surface area is 227 Å². The highest BCUT2D eigenvalue weighted by atomic mass is 32.2. The van der Waals surface area contributed by atoms with Crippen LogP contribution in [0.3, 0.4) is 0 Å².